The molecule has 0 aliphatic carbocycles. The van der Waals surface area contributed by atoms with Gasteiger partial charge < -0.3 is 15.0 Å². The summed E-state index contributed by atoms with van der Waals surface area (Å²) in [5.41, 5.74) is 1.20. The quantitative estimate of drug-likeness (QED) is 0.538. The number of nitrogens with one attached hydrogen (secondary N) is 1. The molecular weight excluding hydrogens is 455 g/mol. The van der Waals surface area contributed by atoms with Gasteiger partial charge in [0.15, 0.2) is 5.16 Å². The number of anilines is 2. The molecule has 1 N–H and O–H groups in total. The van der Waals surface area contributed by atoms with E-state index in [-0.39, 0.29) is 11.4 Å². The Labute approximate surface area is 192 Å². The second-order valence-corrected chi connectivity index (χ2v) is 8.41. The second kappa shape index (κ2) is 9.84. The minimum atomic E-state index is -4.48. The first-order valence-electron chi connectivity index (χ1n) is 10.3. The fourth-order valence-corrected chi connectivity index (χ4v) is 4.16. The molecular formula is C22H22F3N5O2S. The summed E-state index contributed by atoms with van der Waals surface area (Å²) >= 11 is 1.17. The fourth-order valence-electron chi connectivity index (χ4n) is 3.42. The van der Waals surface area contributed by atoms with Crippen molar-refractivity contribution in [2.24, 2.45) is 0 Å². The van der Waals surface area contributed by atoms with Gasteiger partial charge in [-0.05, 0) is 42.8 Å². The lowest BCUT2D eigenvalue weighted by Crippen LogP contribution is -2.37. The zero-order valence-corrected chi connectivity index (χ0v) is 18.6. The molecule has 33 heavy (non-hydrogen) atoms. The average molecular weight is 478 g/mol. The Bertz CT molecular complexity index is 1130. The minimum absolute atomic E-state index is 0.0384. The van der Waals surface area contributed by atoms with Gasteiger partial charge in [-0.25, -0.2) is 0 Å². The van der Waals surface area contributed by atoms with Crippen molar-refractivity contribution in [1.29, 1.82) is 0 Å². The van der Waals surface area contributed by atoms with Gasteiger partial charge in [0.1, 0.15) is 0 Å². The number of carbonyl (C=O) groups excluding carboxylic acids is 1. The summed E-state index contributed by atoms with van der Waals surface area (Å²) in [6.45, 7) is 4.50. The van der Waals surface area contributed by atoms with Crippen molar-refractivity contribution in [3.63, 3.8) is 0 Å². The largest absolute Gasteiger partial charge is 0.416 e. The van der Waals surface area contributed by atoms with E-state index in [0.717, 1.165) is 23.4 Å². The lowest BCUT2D eigenvalue weighted by Gasteiger charge is -2.28. The number of nitrogens with zero attached hydrogens (tertiary/aromatic N) is 4. The lowest BCUT2D eigenvalue weighted by molar-refractivity contribution is -0.137. The Morgan fingerprint density at radius 3 is 2.61 bits per heavy atom. The molecule has 0 unspecified atom stereocenters. The summed E-state index contributed by atoms with van der Waals surface area (Å²) in [5, 5.41) is 11.7. The molecule has 0 radical (unpaired) electrons. The first-order chi connectivity index (χ1) is 15.8. The summed E-state index contributed by atoms with van der Waals surface area (Å²) in [5.74, 6) is 0.180. The monoisotopic (exact) mass is 477 g/mol. The van der Waals surface area contributed by atoms with Crippen LogP contribution in [0.1, 0.15) is 11.1 Å². The van der Waals surface area contributed by atoms with Gasteiger partial charge in [0.05, 0.1) is 30.2 Å². The normalized spacial score (nSPS) is 14.4. The van der Waals surface area contributed by atoms with Crippen LogP contribution in [0.2, 0.25) is 0 Å². The van der Waals surface area contributed by atoms with Crippen LogP contribution in [0.5, 0.6) is 0 Å². The van der Waals surface area contributed by atoms with Gasteiger partial charge in [-0.2, -0.15) is 13.2 Å². The average Bonchev–Trinajstić information content (AvgIpc) is 3.22. The number of ether oxygens (including phenoxy) is 1. The number of thioether (sulfide) groups is 1. The van der Waals surface area contributed by atoms with Crippen molar-refractivity contribution in [2.75, 3.05) is 42.3 Å². The predicted octanol–water partition coefficient (Wildman–Crippen LogP) is 4.16. The van der Waals surface area contributed by atoms with E-state index >= 15 is 0 Å². The highest BCUT2D eigenvalue weighted by Crippen LogP contribution is 2.31. The molecule has 1 amide bonds. The molecule has 1 aliphatic rings. The third kappa shape index (κ3) is 5.66. The molecule has 2 heterocycles. The third-order valence-corrected chi connectivity index (χ3v) is 5.91. The standard InChI is InChI=1S/C22H22F3N5O2S/c1-15-4-2-7-18(12-15)30-20(29-8-10-32-11-9-29)27-28-21(30)33-14-19(31)26-17-6-3-5-16(13-17)22(23,24)25/h2-7,12-13H,8-11,14H2,1H3,(H,26,31). The van der Waals surface area contributed by atoms with Gasteiger partial charge >= 0.3 is 6.18 Å². The molecule has 11 heteroatoms. The van der Waals surface area contributed by atoms with E-state index < -0.39 is 17.6 Å². The molecule has 0 atom stereocenters. The number of amides is 1. The maximum absolute atomic E-state index is 12.9. The van der Waals surface area contributed by atoms with Crippen molar-refractivity contribution in [3.05, 3.63) is 59.7 Å². The molecule has 2 aromatic carbocycles. The topological polar surface area (TPSA) is 72.3 Å². The summed E-state index contributed by atoms with van der Waals surface area (Å²) in [4.78, 5) is 14.5. The SMILES string of the molecule is Cc1cccc(-n2c(SCC(=O)Nc3cccc(C(F)(F)F)c3)nnc2N2CCOCC2)c1. The highest BCUT2D eigenvalue weighted by atomic mass is 32.2. The van der Waals surface area contributed by atoms with Gasteiger partial charge in [0.25, 0.3) is 0 Å². The summed E-state index contributed by atoms with van der Waals surface area (Å²) < 4.78 is 46.1. The molecule has 1 aromatic heterocycles. The van der Waals surface area contributed by atoms with Crippen molar-refractivity contribution in [1.82, 2.24) is 14.8 Å². The number of morpholine rings is 1. The number of benzene rings is 2. The molecule has 3 aromatic rings. The van der Waals surface area contributed by atoms with Crippen LogP contribution in [-0.4, -0.2) is 52.7 Å². The molecule has 7 nitrogen and oxygen atoms in total. The van der Waals surface area contributed by atoms with Crippen LogP contribution >= 0.6 is 11.8 Å². The van der Waals surface area contributed by atoms with Crippen molar-refractivity contribution >= 4 is 29.3 Å². The van der Waals surface area contributed by atoms with E-state index in [1.165, 1.54) is 23.9 Å². The third-order valence-electron chi connectivity index (χ3n) is 4.98. The summed E-state index contributed by atoms with van der Waals surface area (Å²) in [7, 11) is 0. The molecule has 4 rings (SSSR count). The Hall–Kier alpha value is -3.05. The number of aryl methyl sites for hydroxylation is 1. The zero-order chi connectivity index (χ0) is 23.4. The molecule has 0 bridgehead atoms. The molecule has 1 saturated heterocycles. The van der Waals surface area contributed by atoms with E-state index in [1.54, 1.807) is 0 Å². The number of hydrogen-bond donors (Lipinski definition) is 1. The molecule has 1 fully saturated rings. The first-order valence-corrected chi connectivity index (χ1v) is 11.2. The van der Waals surface area contributed by atoms with Gasteiger partial charge in [-0.1, -0.05) is 30.0 Å². The molecule has 0 saturated carbocycles. The number of halogens is 3. The van der Waals surface area contributed by atoms with Gasteiger partial charge in [0, 0.05) is 18.8 Å². The van der Waals surface area contributed by atoms with E-state index in [0.29, 0.717) is 37.4 Å². The van der Waals surface area contributed by atoms with Crippen LogP contribution in [0.15, 0.2) is 53.7 Å². The zero-order valence-electron chi connectivity index (χ0n) is 17.8. The second-order valence-electron chi connectivity index (χ2n) is 7.47. The number of alkyl halides is 3. The van der Waals surface area contributed by atoms with Crippen molar-refractivity contribution in [2.45, 2.75) is 18.3 Å². The summed E-state index contributed by atoms with van der Waals surface area (Å²) in [6.07, 6.45) is -4.48. The van der Waals surface area contributed by atoms with Crippen molar-refractivity contribution < 1.29 is 22.7 Å². The predicted molar refractivity (Wildman–Crippen MR) is 120 cm³/mol. The number of hydrogen-bond acceptors (Lipinski definition) is 6. The molecule has 1 aliphatic heterocycles. The highest BCUT2D eigenvalue weighted by molar-refractivity contribution is 7.99. The maximum atomic E-state index is 12.9. The summed E-state index contributed by atoms with van der Waals surface area (Å²) in [6, 6.07) is 12.4. The van der Waals surface area contributed by atoms with Crippen LogP contribution in [0.3, 0.4) is 0 Å². The Kier molecular flexibility index (Phi) is 6.89. The Morgan fingerprint density at radius 1 is 1.12 bits per heavy atom. The van der Waals surface area contributed by atoms with Gasteiger partial charge in [0.2, 0.25) is 11.9 Å². The lowest BCUT2D eigenvalue weighted by atomic mass is 10.2. The fraction of sp³-hybridized carbons (Fsp3) is 0.318. The van der Waals surface area contributed by atoms with Gasteiger partial charge in [-0.3, -0.25) is 9.36 Å². The van der Waals surface area contributed by atoms with Crippen LogP contribution in [0.4, 0.5) is 24.8 Å². The van der Waals surface area contributed by atoms with E-state index in [1.807, 2.05) is 35.8 Å². The maximum Gasteiger partial charge on any atom is 0.416 e. The Balaban J connectivity index is 1.52. The number of carbonyl (C=O) groups is 1. The van der Waals surface area contributed by atoms with E-state index in [4.69, 9.17) is 4.74 Å². The molecule has 174 valence electrons. The van der Waals surface area contributed by atoms with E-state index in [9.17, 15) is 18.0 Å². The smallest absolute Gasteiger partial charge is 0.378 e. The van der Waals surface area contributed by atoms with Crippen LogP contribution in [0.25, 0.3) is 5.69 Å². The van der Waals surface area contributed by atoms with Gasteiger partial charge in [-0.15, -0.1) is 10.2 Å². The van der Waals surface area contributed by atoms with E-state index in [2.05, 4.69) is 20.4 Å². The number of rotatable bonds is 6. The molecule has 0 spiro atoms. The van der Waals surface area contributed by atoms with Crippen LogP contribution in [-0.2, 0) is 15.7 Å². The minimum Gasteiger partial charge on any atom is -0.378 e. The highest BCUT2D eigenvalue weighted by Gasteiger charge is 2.30. The number of aromatic nitrogens is 3. The van der Waals surface area contributed by atoms with Crippen LogP contribution in [0, 0.1) is 6.92 Å². The van der Waals surface area contributed by atoms with Crippen molar-refractivity contribution in [3.8, 4) is 5.69 Å². The first kappa shape index (κ1) is 23.1. The van der Waals surface area contributed by atoms with Crippen LogP contribution < -0.4 is 10.2 Å². The Morgan fingerprint density at radius 2 is 1.88 bits per heavy atom.